The summed E-state index contributed by atoms with van der Waals surface area (Å²) in [6.07, 6.45) is -1.01. The first kappa shape index (κ1) is 19.2. The summed E-state index contributed by atoms with van der Waals surface area (Å²) in [4.78, 5) is 12.9. The zero-order valence-corrected chi connectivity index (χ0v) is 15.7. The number of benzene rings is 2. The molecular formula is C21H24FNO4. The van der Waals surface area contributed by atoms with Crippen molar-refractivity contribution >= 4 is 5.91 Å². The van der Waals surface area contributed by atoms with Crippen LogP contribution in [0.25, 0.3) is 0 Å². The molecule has 0 saturated carbocycles. The van der Waals surface area contributed by atoms with Gasteiger partial charge < -0.3 is 19.9 Å². The molecule has 0 aliphatic carbocycles. The molecule has 3 rings (SSSR count). The summed E-state index contributed by atoms with van der Waals surface area (Å²) in [5, 5.41) is 13.3. The maximum absolute atomic E-state index is 13.4. The Bertz CT molecular complexity index is 837. The van der Waals surface area contributed by atoms with Crippen LogP contribution in [0, 0.1) is 5.82 Å². The molecule has 0 bridgehead atoms. The molecule has 1 amide bonds. The molecule has 1 aliphatic rings. The normalized spacial score (nSPS) is 15.7. The molecule has 0 fully saturated rings. The molecule has 0 spiro atoms. The Morgan fingerprint density at radius 3 is 2.56 bits per heavy atom. The van der Waals surface area contributed by atoms with Crippen LogP contribution in [0.5, 0.6) is 11.5 Å². The van der Waals surface area contributed by atoms with E-state index in [1.165, 1.54) is 18.2 Å². The van der Waals surface area contributed by atoms with E-state index >= 15 is 0 Å². The number of hydrogen-bond donors (Lipinski definition) is 2. The minimum absolute atomic E-state index is 0.248. The largest absolute Gasteiger partial charge is 0.486 e. The molecule has 5 nitrogen and oxygen atoms in total. The standard InChI is InChI=1S/C21H24FNO4/c1-13(19(24)14-5-4-6-16(22)11-14)23-20(25)21(2,3)15-7-8-17-18(12-15)27-10-9-26-17/h4-8,11-13,19,24H,9-10H2,1-3H3,(H,23,25)/t13-,19+/m0/s1. The second kappa shape index (κ2) is 7.56. The lowest BCUT2D eigenvalue weighted by atomic mass is 9.83. The van der Waals surface area contributed by atoms with E-state index in [1.807, 2.05) is 12.1 Å². The van der Waals surface area contributed by atoms with E-state index in [-0.39, 0.29) is 5.91 Å². The van der Waals surface area contributed by atoms with Crippen LogP contribution in [0.1, 0.15) is 38.0 Å². The molecule has 2 N–H and O–H groups in total. The third kappa shape index (κ3) is 4.06. The van der Waals surface area contributed by atoms with E-state index in [9.17, 15) is 14.3 Å². The van der Waals surface area contributed by atoms with Crippen LogP contribution in [0.4, 0.5) is 4.39 Å². The Labute approximate surface area is 158 Å². The predicted molar refractivity (Wildman–Crippen MR) is 99.4 cm³/mol. The van der Waals surface area contributed by atoms with Gasteiger partial charge in [-0.1, -0.05) is 18.2 Å². The number of rotatable bonds is 5. The topological polar surface area (TPSA) is 67.8 Å². The summed E-state index contributed by atoms with van der Waals surface area (Å²) < 4.78 is 24.5. The molecule has 6 heteroatoms. The van der Waals surface area contributed by atoms with Crippen LogP contribution < -0.4 is 14.8 Å². The Kier molecular flexibility index (Phi) is 5.37. The van der Waals surface area contributed by atoms with Gasteiger partial charge in [0.25, 0.3) is 0 Å². The van der Waals surface area contributed by atoms with E-state index in [0.29, 0.717) is 30.3 Å². The Balaban J connectivity index is 1.74. The van der Waals surface area contributed by atoms with Gasteiger partial charge in [0.15, 0.2) is 11.5 Å². The highest BCUT2D eigenvalue weighted by Crippen LogP contribution is 2.35. The van der Waals surface area contributed by atoms with Gasteiger partial charge in [0.1, 0.15) is 19.0 Å². The third-order valence-corrected chi connectivity index (χ3v) is 4.85. The van der Waals surface area contributed by atoms with E-state index in [2.05, 4.69) is 5.32 Å². The van der Waals surface area contributed by atoms with Gasteiger partial charge >= 0.3 is 0 Å². The van der Waals surface area contributed by atoms with Gasteiger partial charge in [-0.15, -0.1) is 0 Å². The summed E-state index contributed by atoms with van der Waals surface area (Å²) in [5.41, 5.74) is 0.336. The van der Waals surface area contributed by atoms with Gasteiger partial charge in [0.05, 0.1) is 17.6 Å². The van der Waals surface area contributed by atoms with E-state index in [0.717, 1.165) is 5.56 Å². The number of aliphatic hydroxyl groups is 1. The lowest BCUT2D eigenvalue weighted by Gasteiger charge is -2.29. The molecule has 1 heterocycles. The second-order valence-corrected chi connectivity index (χ2v) is 7.25. The number of carbonyl (C=O) groups is 1. The van der Waals surface area contributed by atoms with Gasteiger partial charge in [-0.25, -0.2) is 4.39 Å². The zero-order valence-electron chi connectivity index (χ0n) is 15.7. The smallest absolute Gasteiger partial charge is 0.230 e. The zero-order chi connectivity index (χ0) is 19.6. The molecule has 1 aliphatic heterocycles. The molecule has 0 saturated heterocycles. The summed E-state index contributed by atoms with van der Waals surface area (Å²) in [5.74, 6) is 0.604. The maximum atomic E-state index is 13.4. The number of fused-ring (bicyclic) bond motifs is 1. The maximum Gasteiger partial charge on any atom is 0.230 e. The van der Waals surface area contributed by atoms with Gasteiger partial charge in [-0.2, -0.15) is 0 Å². The molecular weight excluding hydrogens is 349 g/mol. The number of amides is 1. The average Bonchev–Trinajstić information content (AvgIpc) is 2.66. The highest BCUT2D eigenvalue weighted by Gasteiger charge is 2.33. The fourth-order valence-electron chi connectivity index (χ4n) is 3.01. The lowest BCUT2D eigenvalue weighted by Crippen LogP contribution is -2.46. The average molecular weight is 373 g/mol. The number of ether oxygens (including phenoxy) is 2. The molecule has 2 atom stereocenters. The van der Waals surface area contributed by atoms with E-state index < -0.39 is 23.4 Å². The predicted octanol–water partition coefficient (Wildman–Crippen LogP) is 3.11. The van der Waals surface area contributed by atoms with Crippen LogP contribution in [-0.4, -0.2) is 30.3 Å². The number of halogens is 1. The summed E-state index contributed by atoms with van der Waals surface area (Å²) in [7, 11) is 0. The van der Waals surface area contributed by atoms with Crippen molar-refractivity contribution in [2.75, 3.05) is 13.2 Å². The van der Waals surface area contributed by atoms with Crippen molar-refractivity contribution in [2.24, 2.45) is 0 Å². The molecule has 2 aromatic carbocycles. The lowest BCUT2D eigenvalue weighted by molar-refractivity contribution is -0.127. The Morgan fingerprint density at radius 1 is 1.15 bits per heavy atom. The molecule has 0 aromatic heterocycles. The fraction of sp³-hybridized carbons (Fsp3) is 0.381. The van der Waals surface area contributed by atoms with Gasteiger partial charge in [0.2, 0.25) is 5.91 Å². The van der Waals surface area contributed by atoms with E-state index in [1.54, 1.807) is 32.9 Å². The summed E-state index contributed by atoms with van der Waals surface area (Å²) in [6.45, 7) is 6.27. The van der Waals surface area contributed by atoms with Crippen molar-refractivity contribution in [2.45, 2.75) is 38.3 Å². The third-order valence-electron chi connectivity index (χ3n) is 4.85. The number of hydrogen-bond acceptors (Lipinski definition) is 4. The fourth-order valence-corrected chi connectivity index (χ4v) is 3.01. The van der Waals surface area contributed by atoms with Crippen LogP contribution >= 0.6 is 0 Å². The van der Waals surface area contributed by atoms with Crippen LogP contribution in [0.15, 0.2) is 42.5 Å². The van der Waals surface area contributed by atoms with Crippen molar-refractivity contribution in [3.05, 3.63) is 59.4 Å². The summed E-state index contributed by atoms with van der Waals surface area (Å²) >= 11 is 0. The Hall–Kier alpha value is -2.60. The van der Waals surface area contributed by atoms with Crippen molar-refractivity contribution in [1.82, 2.24) is 5.32 Å². The van der Waals surface area contributed by atoms with Crippen molar-refractivity contribution in [3.63, 3.8) is 0 Å². The number of nitrogens with one attached hydrogen (secondary N) is 1. The minimum Gasteiger partial charge on any atom is -0.486 e. The number of carbonyl (C=O) groups excluding carboxylic acids is 1. The number of aliphatic hydroxyl groups excluding tert-OH is 1. The first-order chi connectivity index (χ1) is 12.8. The molecule has 2 aromatic rings. The van der Waals surface area contributed by atoms with Crippen molar-refractivity contribution in [1.29, 1.82) is 0 Å². The second-order valence-electron chi connectivity index (χ2n) is 7.25. The van der Waals surface area contributed by atoms with Gasteiger partial charge in [-0.3, -0.25) is 4.79 Å². The first-order valence-electron chi connectivity index (χ1n) is 8.93. The molecule has 0 radical (unpaired) electrons. The highest BCUT2D eigenvalue weighted by atomic mass is 19.1. The molecule has 0 unspecified atom stereocenters. The highest BCUT2D eigenvalue weighted by molar-refractivity contribution is 5.87. The SMILES string of the molecule is C[C@H](NC(=O)C(C)(C)c1ccc2c(c1)OCCO2)[C@@H](O)c1cccc(F)c1. The van der Waals surface area contributed by atoms with Crippen LogP contribution in [0.2, 0.25) is 0 Å². The molecule has 27 heavy (non-hydrogen) atoms. The van der Waals surface area contributed by atoms with Crippen molar-refractivity contribution in [3.8, 4) is 11.5 Å². The Morgan fingerprint density at radius 2 is 1.85 bits per heavy atom. The van der Waals surface area contributed by atoms with Crippen LogP contribution in [0.3, 0.4) is 0 Å². The van der Waals surface area contributed by atoms with Crippen LogP contribution in [-0.2, 0) is 10.2 Å². The van der Waals surface area contributed by atoms with Crippen molar-refractivity contribution < 1.29 is 23.8 Å². The van der Waals surface area contributed by atoms with Gasteiger partial charge in [-0.05, 0) is 56.2 Å². The van der Waals surface area contributed by atoms with Gasteiger partial charge in [0, 0.05) is 0 Å². The quantitative estimate of drug-likeness (QED) is 0.845. The van der Waals surface area contributed by atoms with E-state index in [4.69, 9.17) is 9.47 Å². The first-order valence-corrected chi connectivity index (χ1v) is 8.93. The monoisotopic (exact) mass is 373 g/mol. The molecule has 144 valence electrons. The minimum atomic E-state index is -1.01. The summed E-state index contributed by atoms with van der Waals surface area (Å²) in [6, 6.07) is 10.6.